The maximum absolute atomic E-state index is 12.8. The maximum Gasteiger partial charge on any atom is 0.417 e. The summed E-state index contributed by atoms with van der Waals surface area (Å²) in [6, 6.07) is 8.57. The Morgan fingerprint density at radius 3 is 2.57 bits per heavy atom. The van der Waals surface area contributed by atoms with Crippen LogP contribution in [0.4, 0.5) is 13.2 Å². The quantitative estimate of drug-likeness (QED) is 0.643. The molecule has 0 spiro atoms. The van der Waals surface area contributed by atoms with E-state index in [-0.39, 0.29) is 5.52 Å². The fraction of sp³-hybridized carbons (Fsp3) is 0.188. The number of benzene rings is 1. The van der Waals surface area contributed by atoms with E-state index in [9.17, 15) is 13.2 Å². The summed E-state index contributed by atoms with van der Waals surface area (Å²) in [5, 5.41) is 0. The molecule has 0 unspecified atom stereocenters. The molecule has 0 saturated carbocycles. The van der Waals surface area contributed by atoms with Gasteiger partial charge in [0.05, 0.1) is 17.3 Å². The summed E-state index contributed by atoms with van der Waals surface area (Å²) in [5.41, 5.74) is 0.507. The van der Waals surface area contributed by atoms with E-state index < -0.39 is 11.7 Å². The van der Waals surface area contributed by atoms with Crippen molar-refractivity contribution in [2.75, 3.05) is 5.75 Å². The Bertz CT molecular complexity index is 849. The molecule has 0 bridgehead atoms. The number of pyridine rings is 1. The highest BCUT2D eigenvalue weighted by molar-refractivity contribution is 7.99. The highest BCUT2D eigenvalue weighted by Crippen LogP contribution is 2.32. The minimum atomic E-state index is -4.44. The molecule has 118 valence electrons. The summed E-state index contributed by atoms with van der Waals surface area (Å²) in [6.45, 7) is 2.03. The zero-order valence-corrected chi connectivity index (χ0v) is 12.9. The topological polar surface area (TPSA) is 38.7 Å². The first-order valence-electron chi connectivity index (χ1n) is 6.91. The SMILES string of the molecule is CCSc1ccccc1-c1ncc2ncc(C(F)(F)F)cc2n1. The van der Waals surface area contributed by atoms with Gasteiger partial charge in [-0.2, -0.15) is 13.2 Å². The average molecular weight is 335 g/mol. The van der Waals surface area contributed by atoms with E-state index in [4.69, 9.17) is 0 Å². The largest absolute Gasteiger partial charge is 0.417 e. The molecular weight excluding hydrogens is 323 g/mol. The van der Waals surface area contributed by atoms with Gasteiger partial charge in [-0.05, 0) is 17.9 Å². The van der Waals surface area contributed by atoms with E-state index in [0.29, 0.717) is 11.3 Å². The normalized spacial score (nSPS) is 11.8. The van der Waals surface area contributed by atoms with Crippen LogP contribution in [0.2, 0.25) is 0 Å². The summed E-state index contributed by atoms with van der Waals surface area (Å²) >= 11 is 1.63. The number of thioether (sulfide) groups is 1. The van der Waals surface area contributed by atoms with Crippen molar-refractivity contribution in [1.29, 1.82) is 0 Å². The highest BCUT2D eigenvalue weighted by atomic mass is 32.2. The van der Waals surface area contributed by atoms with Crippen molar-refractivity contribution in [2.24, 2.45) is 0 Å². The van der Waals surface area contributed by atoms with Gasteiger partial charge in [0.15, 0.2) is 5.82 Å². The minimum Gasteiger partial charge on any atom is -0.252 e. The minimum absolute atomic E-state index is 0.182. The van der Waals surface area contributed by atoms with E-state index in [0.717, 1.165) is 28.5 Å². The molecule has 2 heterocycles. The second-order valence-corrected chi connectivity index (χ2v) is 6.05. The molecule has 7 heteroatoms. The monoisotopic (exact) mass is 335 g/mol. The fourth-order valence-corrected chi connectivity index (χ4v) is 2.94. The molecule has 1 aromatic carbocycles. The van der Waals surface area contributed by atoms with Crippen molar-refractivity contribution < 1.29 is 13.2 Å². The zero-order chi connectivity index (χ0) is 16.4. The van der Waals surface area contributed by atoms with Gasteiger partial charge in [0.1, 0.15) is 5.52 Å². The molecule has 0 fully saturated rings. The van der Waals surface area contributed by atoms with Crippen LogP contribution in [0.3, 0.4) is 0 Å². The number of fused-ring (bicyclic) bond motifs is 1. The predicted molar refractivity (Wildman–Crippen MR) is 84.2 cm³/mol. The van der Waals surface area contributed by atoms with E-state index in [1.165, 1.54) is 6.20 Å². The average Bonchev–Trinajstić information content (AvgIpc) is 2.54. The van der Waals surface area contributed by atoms with Crippen molar-refractivity contribution in [3.05, 3.63) is 48.3 Å². The first kappa shape index (κ1) is 15.7. The van der Waals surface area contributed by atoms with Gasteiger partial charge in [-0.1, -0.05) is 25.1 Å². The maximum atomic E-state index is 12.8. The first-order chi connectivity index (χ1) is 11.0. The Morgan fingerprint density at radius 2 is 1.83 bits per heavy atom. The van der Waals surface area contributed by atoms with E-state index in [1.807, 2.05) is 31.2 Å². The van der Waals surface area contributed by atoms with Crippen LogP contribution >= 0.6 is 11.8 Å². The molecule has 0 radical (unpaired) electrons. The van der Waals surface area contributed by atoms with Crippen LogP contribution in [0.1, 0.15) is 12.5 Å². The second-order valence-electron chi connectivity index (χ2n) is 4.75. The number of aromatic nitrogens is 3. The van der Waals surface area contributed by atoms with Crippen LogP contribution in [-0.4, -0.2) is 20.7 Å². The van der Waals surface area contributed by atoms with E-state index in [2.05, 4.69) is 15.0 Å². The van der Waals surface area contributed by atoms with Crippen molar-refractivity contribution in [1.82, 2.24) is 15.0 Å². The number of hydrogen-bond acceptors (Lipinski definition) is 4. The summed E-state index contributed by atoms with van der Waals surface area (Å²) in [4.78, 5) is 13.3. The molecule has 0 N–H and O–H groups in total. The predicted octanol–water partition coefficient (Wildman–Crippen LogP) is 4.82. The van der Waals surface area contributed by atoms with Crippen molar-refractivity contribution >= 4 is 22.8 Å². The third kappa shape index (κ3) is 3.29. The fourth-order valence-electron chi connectivity index (χ4n) is 2.14. The molecular formula is C16H12F3N3S. The van der Waals surface area contributed by atoms with Crippen LogP contribution in [-0.2, 0) is 6.18 Å². The lowest BCUT2D eigenvalue weighted by Gasteiger charge is -2.09. The van der Waals surface area contributed by atoms with E-state index in [1.54, 1.807) is 11.8 Å². The summed E-state index contributed by atoms with van der Waals surface area (Å²) < 4.78 is 38.5. The lowest BCUT2D eigenvalue weighted by Crippen LogP contribution is -2.06. The third-order valence-corrected chi connectivity index (χ3v) is 4.14. The van der Waals surface area contributed by atoms with Crippen LogP contribution in [0, 0.1) is 0 Å². The van der Waals surface area contributed by atoms with Gasteiger partial charge in [0.2, 0.25) is 0 Å². The molecule has 3 nitrogen and oxygen atoms in total. The number of hydrogen-bond donors (Lipinski definition) is 0. The Kier molecular flexibility index (Phi) is 4.21. The van der Waals surface area contributed by atoms with Gasteiger partial charge in [0, 0.05) is 16.7 Å². The number of rotatable bonds is 3. The molecule has 0 atom stereocenters. The van der Waals surface area contributed by atoms with Gasteiger partial charge in [-0.25, -0.2) is 9.97 Å². The smallest absolute Gasteiger partial charge is 0.252 e. The standard InChI is InChI=1S/C16H12F3N3S/c1-2-23-14-6-4-3-5-11(14)15-21-9-13-12(22-15)7-10(8-20-13)16(17,18)19/h3-9H,2H2,1H3. The van der Waals surface area contributed by atoms with Gasteiger partial charge >= 0.3 is 6.18 Å². The molecule has 2 aromatic heterocycles. The molecule has 0 aliphatic carbocycles. The van der Waals surface area contributed by atoms with Gasteiger partial charge in [-0.15, -0.1) is 11.8 Å². The molecule has 3 rings (SSSR count). The molecule has 0 amide bonds. The van der Waals surface area contributed by atoms with Gasteiger partial charge < -0.3 is 0 Å². The Morgan fingerprint density at radius 1 is 1.04 bits per heavy atom. The van der Waals surface area contributed by atoms with Crippen LogP contribution in [0.15, 0.2) is 47.6 Å². The number of alkyl halides is 3. The van der Waals surface area contributed by atoms with Crippen LogP contribution in [0.25, 0.3) is 22.4 Å². The molecule has 0 saturated heterocycles. The highest BCUT2D eigenvalue weighted by Gasteiger charge is 2.31. The lowest BCUT2D eigenvalue weighted by molar-refractivity contribution is -0.137. The van der Waals surface area contributed by atoms with Crippen molar-refractivity contribution in [3.63, 3.8) is 0 Å². The Labute approximate surface area is 135 Å². The van der Waals surface area contributed by atoms with Crippen molar-refractivity contribution in [2.45, 2.75) is 18.0 Å². The van der Waals surface area contributed by atoms with Gasteiger partial charge in [0.25, 0.3) is 0 Å². The second kappa shape index (κ2) is 6.16. The molecule has 23 heavy (non-hydrogen) atoms. The third-order valence-electron chi connectivity index (χ3n) is 3.19. The Hall–Kier alpha value is -2.15. The van der Waals surface area contributed by atoms with Crippen LogP contribution in [0.5, 0.6) is 0 Å². The first-order valence-corrected chi connectivity index (χ1v) is 7.90. The Balaban J connectivity index is 2.13. The van der Waals surface area contributed by atoms with Gasteiger partial charge in [-0.3, -0.25) is 4.98 Å². The zero-order valence-electron chi connectivity index (χ0n) is 12.1. The van der Waals surface area contributed by atoms with Crippen LogP contribution < -0.4 is 0 Å². The summed E-state index contributed by atoms with van der Waals surface area (Å²) in [6.07, 6.45) is -2.19. The number of halogens is 3. The molecule has 0 aliphatic heterocycles. The molecule has 3 aromatic rings. The van der Waals surface area contributed by atoms with E-state index >= 15 is 0 Å². The summed E-state index contributed by atoms with van der Waals surface area (Å²) in [7, 11) is 0. The summed E-state index contributed by atoms with van der Waals surface area (Å²) in [5.74, 6) is 1.28. The van der Waals surface area contributed by atoms with Crippen molar-refractivity contribution in [3.8, 4) is 11.4 Å². The number of nitrogens with zero attached hydrogens (tertiary/aromatic N) is 3. The molecule has 0 aliphatic rings. The lowest BCUT2D eigenvalue weighted by atomic mass is 10.2.